The topological polar surface area (TPSA) is 58.1 Å². The van der Waals surface area contributed by atoms with E-state index in [0.29, 0.717) is 11.5 Å². The fraction of sp³-hybridized carbons (Fsp3) is 0.389. The van der Waals surface area contributed by atoms with Crippen molar-refractivity contribution in [2.24, 2.45) is 0 Å². The third-order valence-electron chi connectivity index (χ3n) is 3.73. The molecule has 1 atom stereocenters. The average Bonchev–Trinajstić information content (AvgIpc) is 2.60. The van der Waals surface area contributed by atoms with Crippen molar-refractivity contribution in [3.05, 3.63) is 54.0 Å². The Labute approximate surface area is 137 Å². The highest BCUT2D eigenvalue weighted by Crippen LogP contribution is 2.16. The van der Waals surface area contributed by atoms with Crippen molar-refractivity contribution < 1.29 is 4.79 Å². The zero-order valence-electron chi connectivity index (χ0n) is 14.0. The van der Waals surface area contributed by atoms with Crippen molar-refractivity contribution in [3.63, 3.8) is 0 Å². The second-order valence-electron chi connectivity index (χ2n) is 5.64. The van der Waals surface area contributed by atoms with E-state index in [1.165, 1.54) is 11.8 Å². The number of carbonyl (C=O) groups is 1. The Morgan fingerprint density at radius 3 is 2.57 bits per heavy atom. The van der Waals surface area contributed by atoms with Crippen LogP contribution in [0.15, 0.2) is 42.7 Å². The van der Waals surface area contributed by atoms with Crippen LogP contribution >= 0.6 is 0 Å². The first kappa shape index (κ1) is 16.9. The normalized spacial score (nSPS) is 11.8. The maximum atomic E-state index is 12.2. The van der Waals surface area contributed by atoms with E-state index < -0.39 is 0 Å². The van der Waals surface area contributed by atoms with Gasteiger partial charge in [0.2, 0.25) is 0 Å². The van der Waals surface area contributed by atoms with Gasteiger partial charge in [-0.15, -0.1) is 0 Å². The summed E-state index contributed by atoms with van der Waals surface area (Å²) in [6.45, 7) is 4.91. The summed E-state index contributed by atoms with van der Waals surface area (Å²) in [7, 11) is 1.79. The van der Waals surface area contributed by atoms with Crippen LogP contribution in [0.1, 0.15) is 48.8 Å². The lowest BCUT2D eigenvalue weighted by Gasteiger charge is -2.17. The van der Waals surface area contributed by atoms with E-state index in [2.05, 4.69) is 41.3 Å². The minimum absolute atomic E-state index is 0.0893. The van der Waals surface area contributed by atoms with Gasteiger partial charge in [0.05, 0.1) is 12.4 Å². The second kappa shape index (κ2) is 8.27. The molecule has 1 aromatic carbocycles. The first-order valence-corrected chi connectivity index (χ1v) is 8.00. The number of aromatic nitrogens is 2. The van der Waals surface area contributed by atoms with Crippen LogP contribution in [-0.4, -0.2) is 34.4 Å². The molecule has 5 nitrogen and oxygen atoms in total. The van der Waals surface area contributed by atoms with E-state index in [1.54, 1.807) is 18.1 Å². The largest absolute Gasteiger partial charge is 0.362 e. The Morgan fingerprint density at radius 1 is 1.22 bits per heavy atom. The summed E-state index contributed by atoms with van der Waals surface area (Å²) in [5.41, 5.74) is 1.55. The van der Waals surface area contributed by atoms with E-state index in [9.17, 15) is 4.79 Å². The van der Waals surface area contributed by atoms with Gasteiger partial charge in [-0.05, 0) is 18.9 Å². The molecule has 1 aromatic heterocycles. The van der Waals surface area contributed by atoms with Crippen LogP contribution in [-0.2, 0) is 0 Å². The summed E-state index contributed by atoms with van der Waals surface area (Å²) in [5.74, 6) is 0.572. The van der Waals surface area contributed by atoms with Crippen LogP contribution < -0.4 is 5.32 Å². The molecule has 0 spiro atoms. The molecular weight excluding hydrogens is 288 g/mol. The van der Waals surface area contributed by atoms with Gasteiger partial charge in [-0.2, -0.15) is 0 Å². The lowest BCUT2D eigenvalue weighted by atomic mass is 10.1. The monoisotopic (exact) mass is 312 g/mol. The van der Waals surface area contributed by atoms with Gasteiger partial charge in [-0.3, -0.25) is 4.79 Å². The molecule has 1 heterocycles. The average molecular weight is 312 g/mol. The number of carbonyl (C=O) groups excluding carboxylic acids is 1. The molecule has 0 aliphatic rings. The molecule has 2 rings (SSSR count). The molecule has 0 saturated heterocycles. The molecule has 5 heteroatoms. The van der Waals surface area contributed by atoms with Crippen molar-refractivity contribution in [1.82, 2.24) is 14.9 Å². The number of amides is 1. The fourth-order valence-electron chi connectivity index (χ4n) is 2.25. The van der Waals surface area contributed by atoms with Crippen LogP contribution in [0.25, 0.3) is 0 Å². The number of hydrogen-bond acceptors (Lipinski definition) is 4. The van der Waals surface area contributed by atoms with Gasteiger partial charge in [0, 0.05) is 19.6 Å². The number of anilines is 1. The van der Waals surface area contributed by atoms with Crippen molar-refractivity contribution >= 4 is 11.7 Å². The van der Waals surface area contributed by atoms with Crippen LogP contribution in [0.4, 0.5) is 5.82 Å². The summed E-state index contributed by atoms with van der Waals surface area (Å²) in [5, 5.41) is 3.29. The summed E-state index contributed by atoms with van der Waals surface area (Å²) < 4.78 is 0. The van der Waals surface area contributed by atoms with Gasteiger partial charge in [-0.25, -0.2) is 9.97 Å². The molecule has 0 radical (unpaired) electrons. The van der Waals surface area contributed by atoms with Crippen molar-refractivity contribution in [3.8, 4) is 0 Å². The zero-order chi connectivity index (χ0) is 16.7. The molecule has 1 amide bonds. The minimum Gasteiger partial charge on any atom is -0.362 e. The zero-order valence-corrected chi connectivity index (χ0v) is 14.0. The number of rotatable bonds is 7. The summed E-state index contributed by atoms with van der Waals surface area (Å²) in [6.07, 6.45) is 5.19. The van der Waals surface area contributed by atoms with Crippen molar-refractivity contribution in [1.29, 1.82) is 0 Å². The van der Waals surface area contributed by atoms with Crippen molar-refractivity contribution in [2.75, 3.05) is 18.9 Å². The molecule has 0 bridgehead atoms. The molecule has 0 aliphatic carbocycles. The molecule has 2 aromatic rings. The summed E-state index contributed by atoms with van der Waals surface area (Å²) in [6, 6.07) is 10.3. The molecule has 0 aliphatic heterocycles. The lowest BCUT2D eigenvalue weighted by molar-refractivity contribution is 0.0787. The lowest BCUT2D eigenvalue weighted by Crippen LogP contribution is -2.28. The van der Waals surface area contributed by atoms with Gasteiger partial charge in [0.1, 0.15) is 11.5 Å². The fourth-order valence-corrected chi connectivity index (χ4v) is 2.25. The summed E-state index contributed by atoms with van der Waals surface area (Å²) >= 11 is 0. The molecule has 0 saturated carbocycles. The van der Waals surface area contributed by atoms with Gasteiger partial charge >= 0.3 is 0 Å². The predicted molar refractivity (Wildman–Crippen MR) is 92.4 cm³/mol. The Kier molecular flexibility index (Phi) is 6.09. The van der Waals surface area contributed by atoms with Gasteiger partial charge in [0.15, 0.2) is 0 Å². The molecular formula is C18H24N4O. The van der Waals surface area contributed by atoms with E-state index >= 15 is 0 Å². The maximum Gasteiger partial charge on any atom is 0.273 e. The van der Waals surface area contributed by atoms with Crippen LogP contribution in [0.5, 0.6) is 0 Å². The van der Waals surface area contributed by atoms with Crippen molar-refractivity contribution in [2.45, 2.75) is 32.7 Å². The smallest absolute Gasteiger partial charge is 0.273 e. The number of nitrogens with one attached hydrogen (secondary N) is 1. The van der Waals surface area contributed by atoms with Gasteiger partial charge in [0.25, 0.3) is 5.91 Å². The minimum atomic E-state index is -0.0893. The standard InChI is InChI=1S/C18H24N4O/c1-4-5-11-22(3)18(23)16-12-20-17(13-19-16)21-14(2)15-9-7-6-8-10-15/h6-10,12-14H,4-5,11H2,1-3H3,(H,20,21). The Hall–Kier alpha value is -2.43. The highest BCUT2D eigenvalue weighted by Gasteiger charge is 2.13. The Bertz CT molecular complexity index is 613. The molecule has 0 fully saturated rings. The van der Waals surface area contributed by atoms with Gasteiger partial charge < -0.3 is 10.2 Å². The first-order chi connectivity index (χ1) is 11.1. The third-order valence-corrected chi connectivity index (χ3v) is 3.73. The molecule has 1 unspecified atom stereocenters. The number of nitrogens with zero attached hydrogens (tertiary/aromatic N) is 3. The number of unbranched alkanes of at least 4 members (excludes halogenated alkanes) is 1. The van der Waals surface area contributed by atoms with E-state index in [0.717, 1.165) is 19.4 Å². The predicted octanol–water partition coefficient (Wildman–Crippen LogP) is 3.52. The molecule has 122 valence electrons. The molecule has 23 heavy (non-hydrogen) atoms. The van der Waals surface area contributed by atoms with E-state index in [1.807, 2.05) is 18.2 Å². The Balaban J connectivity index is 1.98. The van der Waals surface area contributed by atoms with Crippen LogP contribution in [0, 0.1) is 0 Å². The highest BCUT2D eigenvalue weighted by atomic mass is 16.2. The van der Waals surface area contributed by atoms with Gasteiger partial charge in [-0.1, -0.05) is 43.7 Å². The van der Waals surface area contributed by atoms with Crippen LogP contribution in [0.2, 0.25) is 0 Å². The van der Waals surface area contributed by atoms with E-state index in [-0.39, 0.29) is 11.9 Å². The molecule has 1 N–H and O–H groups in total. The SMILES string of the molecule is CCCCN(C)C(=O)c1cnc(NC(C)c2ccccc2)cn1. The summed E-state index contributed by atoms with van der Waals surface area (Å²) in [4.78, 5) is 22.4. The van der Waals surface area contributed by atoms with E-state index in [4.69, 9.17) is 0 Å². The highest BCUT2D eigenvalue weighted by molar-refractivity contribution is 5.91. The number of hydrogen-bond donors (Lipinski definition) is 1. The third kappa shape index (κ3) is 4.77. The first-order valence-electron chi connectivity index (χ1n) is 8.00. The quantitative estimate of drug-likeness (QED) is 0.850. The number of benzene rings is 1. The van der Waals surface area contributed by atoms with Crippen LogP contribution in [0.3, 0.4) is 0 Å². The Morgan fingerprint density at radius 2 is 1.96 bits per heavy atom. The maximum absolute atomic E-state index is 12.2. The second-order valence-corrected chi connectivity index (χ2v) is 5.64.